The van der Waals surface area contributed by atoms with Gasteiger partial charge in [-0.3, -0.25) is 0 Å². The average Bonchev–Trinajstić information content (AvgIpc) is 2.49. The van der Waals surface area contributed by atoms with E-state index in [1.807, 2.05) is 12.1 Å². The first-order valence-electron chi connectivity index (χ1n) is 6.83. The lowest BCUT2D eigenvalue weighted by molar-refractivity contribution is 0.397. The van der Waals surface area contributed by atoms with Crippen molar-refractivity contribution in [3.05, 3.63) is 65.7 Å². The van der Waals surface area contributed by atoms with Crippen LogP contribution in [0.3, 0.4) is 0 Å². The van der Waals surface area contributed by atoms with E-state index in [1.165, 1.54) is 11.1 Å². The van der Waals surface area contributed by atoms with Gasteiger partial charge in [0.15, 0.2) is 0 Å². The van der Waals surface area contributed by atoms with Crippen molar-refractivity contribution in [1.29, 1.82) is 0 Å². The molecule has 2 aromatic carbocycles. The Hall–Kier alpha value is -1.32. The van der Waals surface area contributed by atoms with E-state index in [2.05, 4.69) is 70.6 Å². The first-order valence-corrected chi connectivity index (χ1v) is 7.95. The van der Waals surface area contributed by atoms with Crippen molar-refractivity contribution in [1.82, 2.24) is 5.32 Å². The predicted molar refractivity (Wildman–Crippen MR) is 87.4 cm³/mol. The summed E-state index contributed by atoms with van der Waals surface area (Å²) in [6.07, 6.45) is 0. The van der Waals surface area contributed by atoms with E-state index >= 15 is 0 Å². The van der Waals surface area contributed by atoms with Crippen molar-refractivity contribution < 1.29 is 4.74 Å². The second-order valence-corrected chi connectivity index (χ2v) is 5.30. The van der Waals surface area contributed by atoms with Gasteiger partial charge in [-0.05, 0) is 45.1 Å². The number of halogens is 1. The Morgan fingerprint density at radius 1 is 1.10 bits per heavy atom. The third-order valence-electron chi connectivity index (χ3n) is 3.27. The van der Waals surface area contributed by atoms with Crippen LogP contribution >= 0.6 is 15.9 Å². The van der Waals surface area contributed by atoms with Crippen LogP contribution in [-0.2, 0) is 6.54 Å². The highest BCUT2D eigenvalue weighted by Crippen LogP contribution is 2.15. The normalized spacial score (nSPS) is 12.1. The van der Waals surface area contributed by atoms with Crippen LogP contribution in [0.1, 0.15) is 24.0 Å². The molecule has 2 rings (SSSR count). The van der Waals surface area contributed by atoms with Gasteiger partial charge >= 0.3 is 0 Å². The molecule has 0 radical (unpaired) electrons. The van der Waals surface area contributed by atoms with Gasteiger partial charge in [-0.25, -0.2) is 0 Å². The zero-order valence-corrected chi connectivity index (χ0v) is 13.3. The van der Waals surface area contributed by atoms with Crippen molar-refractivity contribution >= 4 is 15.9 Å². The van der Waals surface area contributed by atoms with E-state index in [4.69, 9.17) is 4.74 Å². The average molecular weight is 334 g/mol. The van der Waals surface area contributed by atoms with Crippen LogP contribution in [0.5, 0.6) is 5.75 Å². The lowest BCUT2D eigenvalue weighted by atomic mass is 10.0. The van der Waals surface area contributed by atoms with Crippen LogP contribution in [0, 0.1) is 0 Å². The van der Waals surface area contributed by atoms with Gasteiger partial charge in [0.25, 0.3) is 0 Å². The van der Waals surface area contributed by atoms with Gasteiger partial charge < -0.3 is 10.1 Å². The van der Waals surface area contributed by atoms with Gasteiger partial charge in [-0.1, -0.05) is 49.4 Å². The molecule has 106 valence electrons. The number of hydrogen-bond donors (Lipinski definition) is 1. The summed E-state index contributed by atoms with van der Waals surface area (Å²) in [5.74, 6) is 1.41. The molecule has 2 nitrogen and oxygen atoms in total. The van der Waals surface area contributed by atoms with Crippen LogP contribution in [-0.4, -0.2) is 12.1 Å². The molecule has 0 amide bonds. The van der Waals surface area contributed by atoms with E-state index in [1.54, 1.807) is 0 Å². The highest BCUT2D eigenvalue weighted by molar-refractivity contribution is 9.09. The lowest BCUT2D eigenvalue weighted by Gasteiger charge is -2.13. The predicted octanol–water partition coefficient (Wildman–Crippen LogP) is 4.31. The van der Waals surface area contributed by atoms with Crippen molar-refractivity contribution in [3.8, 4) is 5.75 Å². The first-order chi connectivity index (χ1) is 9.79. The fourth-order valence-corrected chi connectivity index (χ4v) is 2.40. The van der Waals surface area contributed by atoms with Gasteiger partial charge in [0.2, 0.25) is 0 Å². The summed E-state index contributed by atoms with van der Waals surface area (Å²) in [6.45, 7) is 4.07. The third-order valence-corrected chi connectivity index (χ3v) is 3.50. The zero-order chi connectivity index (χ0) is 14.2. The first kappa shape index (κ1) is 15.1. The second kappa shape index (κ2) is 8.08. The number of nitrogens with one attached hydrogen (secondary N) is 1. The van der Waals surface area contributed by atoms with E-state index < -0.39 is 0 Å². The van der Waals surface area contributed by atoms with E-state index in [-0.39, 0.29) is 0 Å². The molecule has 0 unspecified atom stereocenters. The molecule has 0 aromatic heterocycles. The molecule has 0 aliphatic heterocycles. The molecule has 0 aliphatic carbocycles. The number of ether oxygens (including phenoxy) is 1. The van der Waals surface area contributed by atoms with Gasteiger partial charge in [0, 0.05) is 13.1 Å². The molecule has 3 heteroatoms. The molecule has 2 aromatic rings. The molecule has 0 saturated heterocycles. The molecular formula is C17H20BrNO. The molecular weight excluding hydrogens is 314 g/mol. The SMILES string of the molecule is C[C@@H](CNCc1cccc(OCBr)c1)c1ccccc1. The van der Waals surface area contributed by atoms with Crippen LogP contribution in [0.2, 0.25) is 0 Å². The van der Waals surface area contributed by atoms with E-state index in [0.717, 1.165) is 18.8 Å². The quantitative estimate of drug-likeness (QED) is 0.762. The van der Waals surface area contributed by atoms with E-state index in [0.29, 0.717) is 11.4 Å². The summed E-state index contributed by atoms with van der Waals surface area (Å²) in [5, 5.41) is 3.50. The third kappa shape index (κ3) is 4.66. The van der Waals surface area contributed by atoms with Crippen LogP contribution in [0.4, 0.5) is 0 Å². The number of rotatable bonds is 7. The molecule has 0 spiro atoms. The Morgan fingerprint density at radius 2 is 1.90 bits per heavy atom. The summed E-state index contributed by atoms with van der Waals surface area (Å²) in [4.78, 5) is 0. The monoisotopic (exact) mass is 333 g/mol. The molecule has 0 fully saturated rings. The Labute approximate surface area is 129 Å². The molecule has 0 aliphatic rings. The Bertz CT molecular complexity index is 515. The molecule has 1 atom stereocenters. The highest BCUT2D eigenvalue weighted by atomic mass is 79.9. The fraction of sp³-hybridized carbons (Fsp3) is 0.294. The van der Waals surface area contributed by atoms with Gasteiger partial charge in [-0.2, -0.15) is 0 Å². The summed E-state index contributed by atoms with van der Waals surface area (Å²) >= 11 is 3.27. The number of hydrogen-bond acceptors (Lipinski definition) is 2. The van der Waals surface area contributed by atoms with Crippen molar-refractivity contribution in [2.24, 2.45) is 0 Å². The Morgan fingerprint density at radius 3 is 2.65 bits per heavy atom. The maximum atomic E-state index is 5.43. The molecule has 0 heterocycles. The summed E-state index contributed by atoms with van der Waals surface area (Å²) in [6, 6.07) is 18.8. The maximum absolute atomic E-state index is 5.43. The molecule has 0 bridgehead atoms. The van der Waals surface area contributed by atoms with Gasteiger partial charge in [0.05, 0.1) is 0 Å². The minimum absolute atomic E-state index is 0.512. The molecule has 20 heavy (non-hydrogen) atoms. The zero-order valence-electron chi connectivity index (χ0n) is 11.7. The maximum Gasteiger partial charge on any atom is 0.143 e. The van der Waals surface area contributed by atoms with Gasteiger partial charge in [-0.15, -0.1) is 0 Å². The number of benzene rings is 2. The Balaban J connectivity index is 1.82. The minimum Gasteiger partial charge on any atom is -0.482 e. The van der Waals surface area contributed by atoms with Crippen LogP contribution in [0.25, 0.3) is 0 Å². The highest BCUT2D eigenvalue weighted by Gasteiger charge is 2.04. The minimum atomic E-state index is 0.512. The molecule has 1 N–H and O–H groups in total. The van der Waals surface area contributed by atoms with Crippen molar-refractivity contribution in [3.63, 3.8) is 0 Å². The smallest absolute Gasteiger partial charge is 0.143 e. The second-order valence-electron chi connectivity index (χ2n) is 4.84. The molecule has 0 saturated carbocycles. The van der Waals surface area contributed by atoms with E-state index in [9.17, 15) is 0 Å². The van der Waals surface area contributed by atoms with Gasteiger partial charge in [0.1, 0.15) is 11.3 Å². The standard InChI is InChI=1S/C17H20BrNO/c1-14(16-7-3-2-4-8-16)11-19-12-15-6-5-9-17(10-15)20-13-18/h2-10,14,19H,11-13H2,1H3/t14-/m0/s1. The largest absolute Gasteiger partial charge is 0.482 e. The van der Waals surface area contributed by atoms with Crippen LogP contribution < -0.4 is 10.1 Å². The lowest BCUT2D eigenvalue weighted by Crippen LogP contribution is -2.19. The number of alkyl halides is 1. The summed E-state index contributed by atoms with van der Waals surface area (Å²) in [5.41, 5.74) is 3.13. The van der Waals surface area contributed by atoms with Crippen molar-refractivity contribution in [2.75, 3.05) is 12.1 Å². The topological polar surface area (TPSA) is 21.3 Å². The van der Waals surface area contributed by atoms with Crippen molar-refractivity contribution in [2.45, 2.75) is 19.4 Å². The Kier molecular flexibility index (Phi) is 6.09. The summed E-state index contributed by atoms with van der Waals surface area (Å²) < 4.78 is 5.43. The summed E-state index contributed by atoms with van der Waals surface area (Å²) in [7, 11) is 0. The fourth-order valence-electron chi connectivity index (χ4n) is 2.14. The van der Waals surface area contributed by atoms with Crippen LogP contribution in [0.15, 0.2) is 54.6 Å².